The predicted octanol–water partition coefficient (Wildman–Crippen LogP) is 3.27. The highest BCUT2D eigenvalue weighted by atomic mass is 32.2. The predicted molar refractivity (Wildman–Crippen MR) is 139 cm³/mol. The zero-order valence-electron chi connectivity index (χ0n) is 20.4. The number of amides is 3. The maximum atomic E-state index is 14.8. The van der Waals surface area contributed by atoms with Crippen LogP contribution in [0.4, 0.5) is 20.6 Å². The van der Waals surface area contributed by atoms with E-state index in [0.717, 1.165) is 12.3 Å². The second-order valence-electron chi connectivity index (χ2n) is 8.87. The van der Waals surface area contributed by atoms with Crippen molar-refractivity contribution in [1.82, 2.24) is 10.6 Å². The average molecular weight is 529 g/mol. The number of cyclic esters (lactones) is 1. The summed E-state index contributed by atoms with van der Waals surface area (Å²) in [6.45, 7) is 3.27. The van der Waals surface area contributed by atoms with E-state index in [9.17, 15) is 23.6 Å². The Morgan fingerprint density at radius 1 is 1.16 bits per heavy atom. The number of halogens is 1. The van der Waals surface area contributed by atoms with Gasteiger partial charge in [-0.25, -0.2) is 9.18 Å². The van der Waals surface area contributed by atoms with E-state index in [0.29, 0.717) is 29.0 Å². The summed E-state index contributed by atoms with van der Waals surface area (Å²) in [4.78, 5) is 49.4. The number of carbonyl (C=O) groups is 4. The summed E-state index contributed by atoms with van der Waals surface area (Å²) in [5.74, 6) is -0.192. The van der Waals surface area contributed by atoms with Crippen LogP contribution >= 0.6 is 11.8 Å². The summed E-state index contributed by atoms with van der Waals surface area (Å²) in [5, 5.41) is 8.61. The lowest BCUT2D eigenvalue weighted by molar-refractivity contribution is -0.121. The van der Waals surface area contributed by atoms with Gasteiger partial charge in [-0.1, -0.05) is 6.07 Å². The highest BCUT2D eigenvalue weighted by molar-refractivity contribution is 7.99. The molecule has 2 aromatic rings. The van der Waals surface area contributed by atoms with Crippen molar-refractivity contribution >= 4 is 46.8 Å². The maximum Gasteiger partial charge on any atom is 0.414 e. The number of ketones is 1. The van der Waals surface area contributed by atoms with Gasteiger partial charge in [0.15, 0.2) is 5.78 Å². The number of Topliss-reactive ketones (excluding diaryl/α,β-unsaturated/α-hetero) is 1. The van der Waals surface area contributed by atoms with E-state index in [4.69, 9.17) is 4.74 Å². The van der Waals surface area contributed by atoms with Gasteiger partial charge in [-0.15, -0.1) is 0 Å². The lowest BCUT2D eigenvalue weighted by Gasteiger charge is -2.24. The van der Waals surface area contributed by atoms with Crippen LogP contribution in [0.2, 0.25) is 0 Å². The van der Waals surface area contributed by atoms with Gasteiger partial charge in [0, 0.05) is 60.7 Å². The maximum absolute atomic E-state index is 14.8. The van der Waals surface area contributed by atoms with Crippen LogP contribution in [0.1, 0.15) is 40.9 Å². The Bertz CT molecular complexity index is 1170. The van der Waals surface area contributed by atoms with E-state index in [1.807, 2.05) is 0 Å². The molecule has 2 fully saturated rings. The average Bonchev–Trinajstić information content (AvgIpc) is 3.27. The van der Waals surface area contributed by atoms with E-state index < -0.39 is 12.2 Å². The summed E-state index contributed by atoms with van der Waals surface area (Å²) < 4.78 is 20.1. The molecular weight excluding hydrogens is 499 g/mol. The van der Waals surface area contributed by atoms with Crippen LogP contribution in [0.25, 0.3) is 0 Å². The largest absolute Gasteiger partial charge is 0.442 e. The van der Waals surface area contributed by atoms with E-state index in [-0.39, 0.29) is 54.6 Å². The van der Waals surface area contributed by atoms with E-state index in [2.05, 4.69) is 16.0 Å². The molecule has 2 saturated heterocycles. The molecule has 3 N–H and O–H groups in total. The van der Waals surface area contributed by atoms with Crippen molar-refractivity contribution in [1.29, 1.82) is 0 Å². The molecule has 4 rings (SSSR count). The number of anilines is 2. The van der Waals surface area contributed by atoms with Crippen molar-refractivity contribution in [2.45, 2.75) is 31.1 Å². The van der Waals surface area contributed by atoms with Crippen LogP contribution in [0.3, 0.4) is 0 Å². The molecule has 2 aromatic carbocycles. The number of ether oxygens (including phenoxy) is 1. The Kier molecular flexibility index (Phi) is 8.78. The molecule has 9 nitrogen and oxygen atoms in total. The highest BCUT2D eigenvalue weighted by Crippen LogP contribution is 2.34. The third-order valence-electron chi connectivity index (χ3n) is 6.08. The number of hydrogen-bond donors (Lipinski definition) is 3. The summed E-state index contributed by atoms with van der Waals surface area (Å²) in [7, 11) is 0. The highest BCUT2D eigenvalue weighted by Gasteiger charge is 2.33. The molecule has 0 saturated carbocycles. The van der Waals surface area contributed by atoms with Gasteiger partial charge in [-0.3, -0.25) is 19.3 Å². The fourth-order valence-corrected chi connectivity index (χ4v) is 5.33. The number of nitrogens with one attached hydrogen (secondary N) is 3. The van der Waals surface area contributed by atoms with Crippen molar-refractivity contribution in [2.75, 3.05) is 42.1 Å². The number of rotatable bonds is 9. The van der Waals surface area contributed by atoms with Crippen LogP contribution in [0.15, 0.2) is 42.5 Å². The molecule has 2 atom stereocenters. The molecule has 2 unspecified atom stereocenters. The van der Waals surface area contributed by atoms with Gasteiger partial charge in [0.1, 0.15) is 11.9 Å². The monoisotopic (exact) mass is 528 g/mol. The first-order chi connectivity index (χ1) is 17.8. The molecule has 0 bridgehead atoms. The third-order valence-corrected chi connectivity index (χ3v) is 7.34. The first-order valence-corrected chi connectivity index (χ1v) is 13.1. The molecule has 2 heterocycles. The van der Waals surface area contributed by atoms with Gasteiger partial charge in [0.2, 0.25) is 11.8 Å². The zero-order valence-corrected chi connectivity index (χ0v) is 21.2. The third kappa shape index (κ3) is 7.07. The lowest BCUT2D eigenvalue weighted by atomic mass is 10.1. The Labute approximate surface area is 218 Å². The van der Waals surface area contributed by atoms with Crippen molar-refractivity contribution in [3.8, 4) is 0 Å². The Hall–Kier alpha value is -3.44. The summed E-state index contributed by atoms with van der Waals surface area (Å²) >= 11 is 1.70. The Morgan fingerprint density at radius 3 is 2.62 bits per heavy atom. The van der Waals surface area contributed by atoms with Crippen molar-refractivity contribution in [3.63, 3.8) is 0 Å². The Balaban J connectivity index is 1.23. The second-order valence-corrected chi connectivity index (χ2v) is 10.2. The second kappa shape index (κ2) is 12.2. The molecule has 0 radical (unpaired) electrons. The molecular formula is C26H29FN4O5S. The molecule has 0 aromatic heterocycles. The molecule has 0 aliphatic carbocycles. The summed E-state index contributed by atoms with van der Waals surface area (Å²) in [6, 6.07) is 11.2. The smallest absolute Gasteiger partial charge is 0.414 e. The standard InChI is InChI=1S/C26H29FN4O5S/c1-16(32)30-18-4-2-17(3-5-18)23(33)8-9-25(34)29-13-20-15-31(26(35)36-20)19-6-7-21(22(27)12-19)24-14-28-10-11-37-24/h2-7,12,20,24,28H,8-11,13-15H2,1H3,(H,29,34)(H,30,32). The summed E-state index contributed by atoms with van der Waals surface area (Å²) in [5.41, 5.74) is 2.04. The number of thioether (sulfide) groups is 1. The van der Waals surface area contributed by atoms with Gasteiger partial charge in [-0.05, 0) is 36.4 Å². The van der Waals surface area contributed by atoms with Crippen LogP contribution in [0.5, 0.6) is 0 Å². The summed E-state index contributed by atoms with van der Waals surface area (Å²) in [6.07, 6.45) is -1.19. The first kappa shape index (κ1) is 26.6. The minimum Gasteiger partial charge on any atom is -0.442 e. The molecule has 0 spiro atoms. The normalized spacial score (nSPS) is 19.3. The number of nitrogens with zero attached hydrogens (tertiary/aromatic N) is 1. The van der Waals surface area contributed by atoms with Crippen LogP contribution in [-0.2, 0) is 14.3 Å². The number of hydrogen-bond acceptors (Lipinski definition) is 7. The number of benzene rings is 2. The SMILES string of the molecule is CC(=O)Nc1ccc(C(=O)CCC(=O)NCC2CN(c3ccc(C4CNCCS4)c(F)c3)C(=O)O2)cc1. The van der Waals surface area contributed by atoms with Crippen LogP contribution in [-0.4, -0.2) is 61.7 Å². The fraction of sp³-hybridized carbons (Fsp3) is 0.385. The van der Waals surface area contributed by atoms with Gasteiger partial charge < -0.3 is 20.7 Å². The van der Waals surface area contributed by atoms with Crippen LogP contribution in [0, 0.1) is 5.82 Å². The minimum atomic E-state index is -0.599. The van der Waals surface area contributed by atoms with Crippen LogP contribution < -0.4 is 20.9 Å². The van der Waals surface area contributed by atoms with Crippen molar-refractivity contribution in [2.24, 2.45) is 0 Å². The quantitative estimate of drug-likeness (QED) is 0.428. The topological polar surface area (TPSA) is 117 Å². The molecule has 11 heteroatoms. The zero-order chi connectivity index (χ0) is 26.4. The van der Waals surface area contributed by atoms with Gasteiger partial charge in [0.25, 0.3) is 0 Å². The molecule has 196 valence electrons. The molecule has 2 aliphatic rings. The van der Waals surface area contributed by atoms with Gasteiger partial charge in [-0.2, -0.15) is 11.8 Å². The fourth-order valence-electron chi connectivity index (χ4n) is 4.18. The first-order valence-electron chi connectivity index (χ1n) is 12.1. The number of carbonyl (C=O) groups excluding carboxylic acids is 4. The van der Waals surface area contributed by atoms with E-state index >= 15 is 0 Å². The molecule has 37 heavy (non-hydrogen) atoms. The van der Waals surface area contributed by atoms with E-state index in [1.54, 1.807) is 48.2 Å². The minimum absolute atomic E-state index is 0.0162. The molecule has 2 aliphatic heterocycles. The van der Waals surface area contributed by atoms with Gasteiger partial charge in [0.05, 0.1) is 18.8 Å². The Morgan fingerprint density at radius 2 is 1.95 bits per heavy atom. The molecule has 3 amide bonds. The lowest BCUT2D eigenvalue weighted by Crippen LogP contribution is -2.34. The van der Waals surface area contributed by atoms with Gasteiger partial charge >= 0.3 is 6.09 Å². The van der Waals surface area contributed by atoms with E-state index in [1.165, 1.54) is 17.9 Å². The van der Waals surface area contributed by atoms with Crippen molar-refractivity contribution < 1.29 is 28.3 Å². The van der Waals surface area contributed by atoms with Crippen molar-refractivity contribution in [3.05, 3.63) is 59.4 Å².